The molecule has 1 aromatic heterocycles. The van der Waals surface area contributed by atoms with Crippen LogP contribution in [0.3, 0.4) is 0 Å². The minimum absolute atomic E-state index is 0.0477. The highest BCUT2D eigenvalue weighted by Crippen LogP contribution is 2.38. The van der Waals surface area contributed by atoms with E-state index in [1.807, 2.05) is 5.32 Å². The van der Waals surface area contributed by atoms with Gasteiger partial charge in [0.1, 0.15) is 5.83 Å². The van der Waals surface area contributed by atoms with Crippen LogP contribution in [0.5, 0.6) is 0 Å². The molecule has 0 saturated carbocycles. The van der Waals surface area contributed by atoms with E-state index in [-0.39, 0.29) is 23.7 Å². The van der Waals surface area contributed by atoms with Gasteiger partial charge in [-0.15, -0.1) is 0 Å². The van der Waals surface area contributed by atoms with Gasteiger partial charge in [-0.05, 0) is 36.8 Å². The SMILES string of the molecule is Cc1c(-c2cccc(S(=O)(=O)N(C)C)c2)c2cc([N+](=O)[O-])ccc2n1C/C(F)=C/CNC(=O)O. The van der Waals surface area contributed by atoms with Crippen LogP contribution in [0.4, 0.5) is 14.9 Å². The Labute approximate surface area is 195 Å². The summed E-state index contributed by atoms with van der Waals surface area (Å²) < 4.78 is 42.5. The quantitative estimate of drug-likeness (QED) is 0.363. The average molecular weight is 491 g/mol. The van der Waals surface area contributed by atoms with Crippen molar-refractivity contribution in [2.45, 2.75) is 18.4 Å². The average Bonchev–Trinajstić information content (AvgIpc) is 3.04. The number of carbonyl (C=O) groups is 1. The molecule has 0 spiro atoms. The summed E-state index contributed by atoms with van der Waals surface area (Å²) in [4.78, 5) is 21.5. The summed E-state index contributed by atoms with van der Waals surface area (Å²) in [5, 5.41) is 22.5. The summed E-state index contributed by atoms with van der Waals surface area (Å²) in [5.41, 5.74) is 1.94. The highest BCUT2D eigenvalue weighted by Gasteiger charge is 2.22. The normalized spacial score (nSPS) is 12.3. The largest absolute Gasteiger partial charge is 0.465 e. The molecule has 1 amide bonds. The number of amides is 1. The first-order chi connectivity index (χ1) is 15.9. The third kappa shape index (κ3) is 4.92. The van der Waals surface area contributed by atoms with E-state index in [4.69, 9.17) is 5.11 Å². The predicted molar refractivity (Wildman–Crippen MR) is 125 cm³/mol. The molecule has 10 nitrogen and oxygen atoms in total. The fourth-order valence-corrected chi connectivity index (χ4v) is 4.59. The lowest BCUT2D eigenvalue weighted by Gasteiger charge is -2.13. The van der Waals surface area contributed by atoms with Crippen molar-refractivity contribution in [1.29, 1.82) is 0 Å². The van der Waals surface area contributed by atoms with Crippen molar-refractivity contribution < 1.29 is 27.6 Å². The Bertz CT molecular complexity index is 1410. The molecule has 180 valence electrons. The van der Waals surface area contributed by atoms with Gasteiger partial charge >= 0.3 is 6.09 Å². The van der Waals surface area contributed by atoms with Crippen LogP contribution >= 0.6 is 0 Å². The van der Waals surface area contributed by atoms with Crippen molar-refractivity contribution in [2.75, 3.05) is 20.6 Å². The number of nitro benzene ring substituents is 1. The number of allylic oxidation sites excluding steroid dienone is 1. The maximum absolute atomic E-state index is 14.6. The molecule has 34 heavy (non-hydrogen) atoms. The summed E-state index contributed by atoms with van der Waals surface area (Å²) in [6.07, 6.45) is -0.192. The Balaban J connectivity index is 2.21. The first kappa shape index (κ1) is 24.9. The van der Waals surface area contributed by atoms with E-state index in [0.717, 1.165) is 10.4 Å². The van der Waals surface area contributed by atoms with Gasteiger partial charge in [-0.3, -0.25) is 10.1 Å². The number of sulfonamides is 1. The van der Waals surface area contributed by atoms with Crippen LogP contribution in [0.2, 0.25) is 0 Å². The summed E-state index contributed by atoms with van der Waals surface area (Å²) >= 11 is 0. The topological polar surface area (TPSA) is 135 Å². The van der Waals surface area contributed by atoms with Gasteiger partial charge in [0.15, 0.2) is 0 Å². The van der Waals surface area contributed by atoms with Gasteiger partial charge in [0.25, 0.3) is 5.69 Å². The fourth-order valence-electron chi connectivity index (χ4n) is 3.64. The number of benzene rings is 2. The zero-order chi connectivity index (χ0) is 25.2. The molecular formula is C22H23FN4O6S. The Morgan fingerprint density at radius 2 is 1.97 bits per heavy atom. The molecule has 1 heterocycles. The van der Waals surface area contributed by atoms with Gasteiger partial charge in [0.2, 0.25) is 10.0 Å². The predicted octanol–water partition coefficient (Wildman–Crippen LogP) is 3.90. The Hall–Kier alpha value is -3.77. The summed E-state index contributed by atoms with van der Waals surface area (Å²) in [6.45, 7) is 1.25. The monoisotopic (exact) mass is 490 g/mol. The van der Waals surface area contributed by atoms with Gasteiger partial charge in [0.05, 0.1) is 16.4 Å². The number of nitro groups is 1. The van der Waals surface area contributed by atoms with E-state index in [2.05, 4.69) is 0 Å². The van der Waals surface area contributed by atoms with Crippen molar-refractivity contribution in [2.24, 2.45) is 0 Å². The minimum Gasteiger partial charge on any atom is -0.465 e. The van der Waals surface area contributed by atoms with Gasteiger partial charge < -0.3 is 15.0 Å². The van der Waals surface area contributed by atoms with Crippen LogP contribution in [0.1, 0.15) is 5.69 Å². The molecule has 0 radical (unpaired) electrons. The fraction of sp³-hybridized carbons (Fsp3) is 0.227. The van der Waals surface area contributed by atoms with Crippen LogP contribution in [0.15, 0.2) is 59.3 Å². The van der Waals surface area contributed by atoms with Crippen molar-refractivity contribution >= 4 is 32.7 Å². The molecule has 0 aliphatic heterocycles. The van der Waals surface area contributed by atoms with Crippen LogP contribution < -0.4 is 5.32 Å². The molecule has 3 rings (SSSR count). The maximum atomic E-state index is 14.6. The third-order valence-corrected chi connectivity index (χ3v) is 7.12. The minimum atomic E-state index is -3.73. The zero-order valence-corrected chi connectivity index (χ0v) is 19.5. The van der Waals surface area contributed by atoms with Crippen LogP contribution in [-0.4, -0.2) is 54.1 Å². The number of carboxylic acid groups (broad SMARTS) is 1. The smallest absolute Gasteiger partial charge is 0.404 e. The zero-order valence-electron chi connectivity index (χ0n) is 18.6. The summed E-state index contributed by atoms with van der Waals surface area (Å²) in [6, 6.07) is 10.4. The highest BCUT2D eigenvalue weighted by molar-refractivity contribution is 7.89. The number of aromatic nitrogens is 1. The molecule has 12 heteroatoms. The number of halogens is 1. The molecule has 0 atom stereocenters. The molecule has 2 aromatic carbocycles. The van der Waals surface area contributed by atoms with E-state index in [9.17, 15) is 27.7 Å². The molecule has 2 N–H and O–H groups in total. The van der Waals surface area contributed by atoms with Gasteiger partial charge in [0, 0.05) is 54.9 Å². The molecule has 0 aliphatic carbocycles. The number of nitrogens with zero attached hydrogens (tertiary/aromatic N) is 3. The standard InChI is InChI=1S/C22H23FN4O6S/c1-14-21(15-5-4-6-18(11-15)34(32,33)25(2)3)19-12-17(27(30)31)7-8-20(19)26(14)13-16(23)9-10-24-22(28)29/h4-9,11-12,24H,10,13H2,1-3H3,(H,28,29)/b16-9-. The molecule has 0 saturated heterocycles. The van der Waals surface area contributed by atoms with Crippen LogP contribution in [0, 0.1) is 17.0 Å². The number of rotatable bonds is 8. The molecule has 3 aromatic rings. The van der Waals surface area contributed by atoms with E-state index < -0.39 is 26.9 Å². The second kappa shape index (κ2) is 9.61. The molecule has 0 fully saturated rings. The first-order valence-electron chi connectivity index (χ1n) is 10.0. The molecular weight excluding hydrogens is 467 g/mol. The van der Waals surface area contributed by atoms with E-state index >= 15 is 0 Å². The Morgan fingerprint density at radius 3 is 2.59 bits per heavy atom. The number of nitrogens with one attached hydrogen (secondary N) is 1. The summed E-state index contributed by atoms with van der Waals surface area (Å²) in [7, 11) is -0.903. The maximum Gasteiger partial charge on any atom is 0.404 e. The number of non-ortho nitro benzene ring substituents is 1. The second-order valence-corrected chi connectivity index (χ2v) is 9.81. The van der Waals surface area contributed by atoms with Crippen LogP contribution in [0.25, 0.3) is 22.0 Å². The van der Waals surface area contributed by atoms with Crippen LogP contribution in [-0.2, 0) is 16.6 Å². The first-order valence-corrected chi connectivity index (χ1v) is 11.5. The number of fused-ring (bicyclic) bond motifs is 1. The van der Waals surface area contributed by atoms with Crippen molar-refractivity contribution in [3.63, 3.8) is 0 Å². The van der Waals surface area contributed by atoms with E-state index in [0.29, 0.717) is 27.7 Å². The summed E-state index contributed by atoms with van der Waals surface area (Å²) in [5.74, 6) is -0.609. The van der Waals surface area contributed by atoms with Gasteiger partial charge in [-0.1, -0.05) is 12.1 Å². The molecule has 0 bridgehead atoms. The van der Waals surface area contributed by atoms with Crippen molar-refractivity contribution in [1.82, 2.24) is 14.2 Å². The van der Waals surface area contributed by atoms with E-state index in [1.165, 1.54) is 44.4 Å². The Morgan fingerprint density at radius 1 is 1.26 bits per heavy atom. The van der Waals surface area contributed by atoms with E-state index in [1.54, 1.807) is 23.6 Å². The lowest BCUT2D eigenvalue weighted by molar-refractivity contribution is -0.384. The van der Waals surface area contributed by atoms with Gasteiger partial charge in [-0.2, -0.15) is 0 Å². The number of hydrogen-bond acceptors (Lipinski definition) is 5. The molecule has 0 aliphatic rings. The second-order valence-electron chi connectivity index (χ2n) is 7.66. The highest BCUT2D eigenvalue weighted by atomic mass is 32.2. The lowest BCUT2D eigenvalue weighted by atomic mass is 10.0. The Kier molecular flexibility index (Phi) is 7.03. The third-order valence-electron chi connectivity index (χ3n) is 5.31. The lowest BCUT2D eigenvalue weighted by Crippen LogP contribution is -2.22. The number of hydrogen-bond donors (Lipinski definition) is 2. The molecule has 0 unspecified atom stereocenters. The van der Waals surface area contributed by atoms with Crippen molar-refractivity contribution in [3.8, 4) is 11.1 Å². The van der Waals surface area contributed by atoms with Gasteiger partial charge in [-0.25, -0.2) is 21.9 Å². The van der Waals surface area contributed by atoms with Crippen molar-refractivity contribution in [3.05, 3.63) is 70.2 Å².